The topological polar surface area (TPSA) is 74.7 Å². The van der Waals surface area contributed by atoms with Crippen LogP contribution < -0.4 is 11.1 Å². The lowest BCUT2D eigenvalue weighted by atomic mass is 10.1. The summed E-state index contributed by atoms with van der Waals surface area (Å²) < 4.78 is 5.43. The van der Waals surface area contributed by atoms with Gasteiger partial charge in [0.05, 0.1) is 18.8 Å². The Morgan fingerprint density at radius 3 is 2.81 bits per heavy atom. The van der Waals surface area contributed by atoms with E-state index in [4.69, 9.17) is 10.2 Å². The highest BCUT2D eigenvalue weighted by molar-refractivity contribution is 5.78. The highest BCUT2D eigenvalue weighted by Crippen LogP contribution is 2.17. The lowest BCUT2D eigenvalue weighted by Crippen LogP contribution is -2.45. The summed E-state index contributed by atoms with van der Waals surface area (Å²) in [5, 5.41) is 3.00. The summed E-state index contributed by atoms with van der Waals surface area (Å²) in [7, 11) is 3.96. The molecule has 1 atom stereocenters. The van der Waals surface area contributed by atoms with Gasteiger partial charge in [0.2, 0.25) is 5.91 Å². The molecule has 1 amide bonds. The number of carbonyl (C=O) groups is 1. The van der Waals surface area contributed by atoms with Crippen LogP contribution >= 0.6 is 0 Å². The van der Waals surface area contributed by atoms with Gasteiger partial charge in [0.25, 0.3) is 0 Å². The minimum Gasteiger partial charge on any atom is -0.468 e. The zero-order valence-corrected chi connectivity index (χ0v) is 12.9. The smallest absolute Gasteiger partial charge is 0.234 e. The van der Waals surface area contributed by atoms with Gasteiger partial charge in [0.15, 0.2) is 0 Å². The number of carbonyl (C=O) groups excluding carboxylic acids is 1. The number of furan rings is 1. The molecule has 1 aromatic rings. The maximum absolute atomic E-state index is 12.1. The standard InChI is InChI=1S/C15H26N4O2/c1-18(2)13(14-4-3-9-21-14)10-17-15(20)11-19-7-5-12(16)6-8-19/h3-4,9,12-13H,5-8,10-11,16H2,1-2H3,(H,17,20). The zero-order chi connectivity index (χ0) is 15.2. The molecule has 1 aliphatic heterocycles. The molecule has 3 N–H and O–H groups in total. The molecular formula is C15H26N4O2. The van der Waals surface area contributed by atoms with Crippen LogP contribution in [0.15, 0.2) is 22.8 Å². The van der Waals surface area contributed by atoms with Crippen LogP contribution in [0.5, 0.6) is 0 Å². The minimum atomic E-state index is 0.0544. The van der Waals surface area contributed by atoms with Gasteiger partial charge in [0.1, 0.15) is 5.76 Å². The molecule has 0 radical (unpaired) electrons. The Hall–Kier alpha value is -1.37. The van der Waals surface area contributed by atoms with Gasteiger partial charge in [-0.15, -0.1) is 0 Å². The second kappa shape index (κ2) is 7.59. The van der Waals surface area contributed by atoms with Crippen LogP contribution in [-0.4, -0.2) is 62.0 Å². The van der Waals surface area contributed by atoms with E-state index in [0.29, 0.717) is 19.1 Å². The SMILES string of the molecule is CN(C)C(CNC(=O)CN1CCC(N)CC1)c1ccco1. The van der Waals surface area contributed by atoms with Crippen molar-refractivity contribution >= 4 is 5.91 Å². The molecule has 118 valence electrons. The molecule has 1 saturated heterocycles. The molecule has 1 aliphatic rings. The number of piperidine rings is 1. The summed E-state index contributed by atoms with van der Waals surface area (Å²) in [6.45, 7) is 2.81. The van der Waals surface area contributed by atoms with E-state index < -0.39 is 0 Å². The molecular weight excluding hydrogens is 268 g/mol. The number of nitrogens with one attached hydrogen (secondary N) is 1. The molecule has 0 bridgehead atoms. The van der Waals surface area contributed by atoms with Gasteiger partial charge in [-0.3, -0.25) is 14.6 Å². The van der Waals surface area contributed by atoms with Gasteiger partial charge >= 0.3 is 0 Å². The molecule has 1 fully saturated rings. The van der Waals surface area contributed by atoms with Crippen molar-refractivity contribution in [1.29, 1.82) is 0 Å². The van der Waals surface area contributed by atoms with Crippen LogP contribution in [0, 0.1) is 0 Å². The third-order valence-corrected chi connectivity index (χ3v) is 3.99. The summed E-state index contributed by atoms with van der Waals surface area (Å²) in [6, 6.07) is 4.15. The quantitative estimate of drug-likeness (QED) is 0.795. The normalized spacial score (nSPS) is 18.9. The number of nitrogens with zero attached hydrogens (tertiary/aromatic N) is 2. The van der Waals surface area contributed by atoms with Crippen molar-refractivity contribution in [3.63, 3.8) is 0 Å². The van der Waals surface area contributed by atoms with Gasteiger partial charge in [-0.25, -0.2) is 0 Å². The van der Waals surface area contributed by atoms with E-state index in [9.17, 15) is 4.79 Å². The second-order valence-corrected chi connectivity index (χ2v) is 5.91. The third kappa shape index (κ3) is 4.84. The Balaban J connectivity index is 1.77. The molecule has 0 spiro atoms. The lowest BCUT2D eigenvalue weighted by Gasteiger charge is -2.29. The van der Waals surface area contributed by atoms with Gasteiger partial charge in [-0.05, 0) is 39.1 Å². The Morgan fingerprint density at radius 1 is 1.52 bits per heavy atom. The van der Waals surface area contributed by atoms with Crippen molar-refractivity contribution < 1.29 is 9.21 Å². The fourth-order valence-electron chi connectivity index (χ4n) is 2.60. The molecule has 0 aliphatic carbocycles. The number of rotatable bonds is 6. The second-order valence-electron chi connectivity index (χ2n) is 5.91. The van der Waals surface area contributed by atoms with Crippen LogP contribution in [0.25, 0.3) is 0 Å². The zero-order valence-electron chi connectivity index (χ0n) is 12.9. The first-order chi connectivity index (χ1) is 10.1. The summed E-state index contributed by atoms with van der Waals surface area (Å²) >= 11 is 0. The van der Waals surface area contributed by atoms with E-state index in [1.807, 2.05) is 31.1 Å². The first-order valence-electron chi connectivity index (χ1n) is 7.50. The molecule has 0 aromatic carbocycles. The van der Waals surface area contributed by atoms with Crippen LogP contribution in [0.3, 0.4) is 0 Å². The number of nitrogens with two attached hydrogens (primary N) is 1. The summed E-state index contributed by atoms with van der Waals surface area (Å²) in [5.41, 5.74) is 5.87. The van der Waals surface area contributed by atoms with Crippen LogP contribution in [0.1, 0.15) is 24.6 Å². The van der Waals surface area contributed by atoms with E-state index >= 15 is 0 Å². The van der Waals surface area contributed by atoms with E-state index in [2.05, 4.69) is 10.2 Å². The predicted molar refractivity (Wildman–Crippen MR) is 81.8 cm³/mol. The van der Waals surface area contributed by atoms with E-state index in [0.717, 1.165) is 31.7 Å². The molecule has 2 rings (SSSR count). The average Bonchev–Trinajstić information content (AvgIpc) is 2.95. The Bertz CT molecular complexity index is 425. The van der Waals surface area contributed by atoms with E-state index in [-0.39, 0.29) is 11.9 Å². The number of hydrogen-bond donors (Lipinski definition) is 2. The van der Waals surface area contributed by atoms with E-state index in [1.54, 1.807) is 6.26 Å². The Labute approximate surface area is 126 Å². The predicted octanol–water partition coefficient (Wildman–Crippen LogP) is 0.422. The fraction of sp³-hybridized carbons (Fsp3) is 0.667. The molecule has 21 heavy (non-hydrogen) atoms. The van der Waals surface area contributed by atoms with Crippen molar-refractivity contribution in [2.75, 3.05) is 40.3 Å². The Morgan fingerprint density at radius 2 is 2.24 bits per heavy atom. The van der Waals surface area contributed by atoms with Crippen molar-refractivity contribution in [3.8, 4) is 0 Å². The highest BCUT2D eigenvalue weighted by Gasteiger charge is 2.20. The lowest BCUT2D eigenvalue weighted by molar-refractivity contribution is -0.122. The van der Waals surface area contributed by atoms with Gasteiger partial charge in [-0.2, -0.15) is 0 Å². The number of likely N-dealkylation sites (tertiary alicyclic amines) is 1. The number of hydrogen-bond acceptors (Lipinski definition) is 5. The largest absolute Gasteiger partial charge is 0.468 e. The van der Waals surface area contributed by atoms with Crippen LogP contribution in [0.2, 0.25) is 0 Å². The molecule has 1 unspecified atom stereocenters. The third-order valence-electron chi connectivity index (χ3n) is 3.99. The monoisotopic (exact) mass is 294 g/mol. The average molecular weight is 294 g/mol. The summed E-state index contributed by atoms with van der Waals surface area (Å²) in [5.74, 6) is 0.924. The van der Waals surface area contributed by atoms with Crippen molar-refractivity contribution in [3.05, 3.63) is 24.2 Å². The molecule has 1 aromatic heterocycles. The van der Waals surface area contributed by atoms with Crippen molar-refractivity contribution in [1.82, 2.24) is 15.1 Å². The highest BCUT2D eigenvalue weighted by atomic mass is 16.3. The van der Waals surface area contributed by atoms with Gasteiger partial charge in [0, 0.05) is 25.7 Å². The first-order valence-corrected chi connectivity index (χ1v) is 7.50. The molecule has 6 heteroatoms. The van der Waals surface area contributed by atoms with Crippen molar-refractivity contribution in [2.45, 2.75) is 24.9 Å². The Kier molecular flexibility index (Phi) is 5.78. The maximum atomic E-state index is 12.1. The summed E-state index contributed by atoms with van der Waals surface area (Å²) in [4.78, 5) is 16.3. The maximum Gasteiger partial charge on any atom is 0.234 e. The van der Waals surface area contributed by atoms with Crippen molar-refractivity contribution in [2.24, 2.45) is 5.73 Å². The molecule has 6 nitrogen and oxygen atoms in total. The number of likely N-dealkylation sites (N-methyl/N-ethyl adjacent to an activating group) is 1. The van der Waals surface area contributed by atoms with Crippen LogP contribution in [0.4, 0.5) is 0 Å². The minimum absolute atomic E-state index is 0.0544. The van der Waals surface area contributed by atoms with E-state index in [1.165, 1.54) is 0 Å². The fourth-order valence-corrected chi connectivity index (χ4v) is 2.60. The molecule has 2 heterocycles. The van der Waals surface area contributed by atoms with Crippen LogP contribution in [-0.2, 0) is 4.79 Å². The number of amides is 1. The van der Waals surface area contributed by atoms with Gasteiger partial charge in [-0.1, -0.05) is 0 Å². The van der Waals surface area contributed by atoms with Gasteiger partial charge < -0.3 is 15.5 Å². The summed E-state index contributed by atoms with van der Waals surface area (Å²) in [6.07, 6.45) is 3.60. The molecule has 0 saturated carbocycles. The first kappa shape index (κ1) is 16.0.